The van der Waals surface area contributed by atoms with Crippen LogP contribution < -0.4 is 10.2 Å². The van der Waals surface area contributed by atoms with Gasteiger partial charge in [-0.25, -0.2) is 15.0 Å². The third-order valence-corrected chi connectivity index (χ3v) is 6.41. The molecule has 1 aliphatic heterocycles. The summed E-state index contributed by atoms with van der Waals surface area (Å²) in [4.78, 5) is 31.1. The lowest BCUT2D eigenvalue weighted by atomic mass is 9.48. The smallest absolute Gasteiger partial charge is 0.258 e. The fourth-order valence-electron chi connectivity index (χ4n) is 4.35. The molecule has 1 amide bonds. The van der Waals surface area contributed by atoms with Crippen molar-refractivity contribution in [2.75, 3.05) is 36.4 Å². The van der Waals surface area contributed by atoms with E-state index in [0.29, 0.717) is 5.56 Å². The van der Waals surface area contributed by atoms with E-state index in [-0.39, 0.29) is 17.1 Å². The first-order valence-electron chi connectivity index (χ1n) is 11.8. The number of fused-ring (bicyclic) bond motifs is 1. The number of rotatable bonds is 5. The second-order valence-electron chi connectivity index (χ2n) is 9.87. The lowest BCUT2D eigenvalue weighted by molar-refractivity contribution is 0.102. The molecule has 1 fully saturated rings. The van der Waals surface area contributed by atoms with Gasteiger partial charge in [0.1, 0.15) is 29.4 Å². The summed E-state index contributed by atoms with van der Waals surface area (Å²) in [5.74, 6) is 0.819. The minimum Gasteiger partial charge on any atom is -0.354 e. The first kappa shape index (κ1) is 23.1. The molecule has 0 unspecified atom stereocenters. The van der Waals surface area contributed by atoms with E-state index in [1.165, 1.54) is 0 Å². The lowest BCUT2D eigenvalue weighted by Crippen LogP contribution is -2.58. The molecule has 4 aromatic rings. The number of amides is 1. The molecule has 0 atom stereocenters. The monoisotopic (exact) mass is 464 g/mol. The minimum absolute atomic E-state index is 0.153. The molecule has 1 saturated heterocycles. The molecule has 0 radical (unpaired) electrons. The molecule has 35 heavy (non-hydrogen) atoms. The average Bonchev–Trinajstić information content (AvgIpc) is 3.29. The highest BCUT2D eigenvalue weighted by molar-refractivity contribution is 6.59. The van der Waals surface area contributed by atoms with Crippen molar-refractivity contribution < 1.29 is 4.79 Å². The largest absolute Gasteiger partial charge is 0.354 e. The fourth-order valence-corrected chi connectivity index (χ4v) is 4.35. The van der Waals surface area contributed by atoms with Crippen LogP contribution in [0.4, 0.5) is 11.8 Å². The molecule has 0 saturated carbocycles. The molecule has 5 rings (SSSR count). The van der Waals surface area contributed by atoms with Crippen LogP contribution in [-0.4, -0.2) is 90.5 Å². The Morgan fingerprint density at radius 3 is 2.51 bits per heavy atom. The van der Waals surface area contributed by atoms with Crippen LogP contribution in [0.2, 0.25) is 0 Å². The normalized spacial score (nSPS) is 14.8. The number of benzene rings is 1. The van der Waals surface area contributed by atoms with E-state index < -0.39 is 0 Å². The Labute approximate surface area is 207 Å². The van der Waals surface area contributed by atoms with Crippen LogP contribution >= 0.6 is 0 Å². The lowest BCUT2D eigenvalue weighted by Gasteiger charge is -2.43. The predicted octanol–water partition coefficient (Wildman–Crippen LogP) is -0.690. The van der Waals surface area contributed by atoms with Crippen LogP contribution in [-0.2, 0) is 7.05 Å². The van der Waals surface area contributed by atoms with Crippen LogP contribution in [0.3, 0.4) is 0 Å². The molecule has 1 aromatic carbocycles. The standard InChI is InChI=1S/C23H27B3N8O/c1-32-14-18(13-29-32)15-2-3-17-12-28-22(30-19(17)10-15)31-21(35)16-4-5-27-20(11-16)33-6-8-34(9-7-33)23(24,25)26/h2-5,10-14H,6-9,24-26H2,1H3,(H,28,30,31,35). The topological polar surface area (TPSA) is 92.1 Å². The van der Waals surface area contributed by atoms with Gasteiger partial charge in [-0.05, 0) is 23.8 Å². The van der Waals surface area contributed by atoms with Gasteiger partial charge in [0.2, 0.25) is 5.95 Å². The van der Waals surface area contributed by atoms with Crippen molar-refractivity contribution in [1.29, 1.82) is 0 Å². The van der Waals surface area contributed by atoms with Gasteiger partial charge in [-0.2, -0.15) is 5.10 Å². The van der Waals surface area contributed by atoms with E-state index in [2.05, 4.69) is 58.7 Å². The molecule has 1 N–H and O–H groups in total. The molecule has 9 nitrogen and oxygen atoms in total. The molecular weight excluding hydrogens is 437 g/mol. The Morgan fingerprint density at radius 1 is 1.00 bits per heavy atom. The Morgan fingerprint density at radius 2 is 1.80 bits per heavy atom. The number of hydrogen-bond donors (Lipinski definition) is 1. The van der Waals surface area contributed by atoms with E-state index in [4.69, 9.17) is 0 Å². The maximum atomic E-state index is 13.0. The Kier molecular flexibility index (Phi) is 6.06. The van der Waals surface area contributed by atoms with Crippen molar-refractivity contribution >= 4 is 52.1 Å². The van der Waals surface area contributed by atoms with E-state index in [9.17, 15) is 4.79 Å². The molecule has 0 aliphatic carbocycles. The summed E-state index contributed by atoms with van der Waals surface area (Å²) in [6.45, 7) is 3.69. The minimum atomic E-state index is -0.259. The van der Waals surface area contributed by atoms with Gasteiger partial charge in [-0.15, -0.1) is 0 Å². The number of carbonyl (C=O) groups excluding carboxylic acids is 1. The zero-order valence-corrected chi connectivity index (χ0v) is 20.6. The number of aryl methyl sites for hydroxylation is 1. The maximum absolute atomic E-state index is 13.0. The van der Waals surface area contributed by atoms with Crippen LogP contribution in [0, 0.1) is 0 Å². The summed E-state index contributed by atoms with van der Waals surface area (Å²) in [5, 5.41) is 8.13. The Hall–Kier alpha value is -3.66. The third kappa shape index (κ3) is 5.07. The van der Waals surface area contributed by atoms with Gasteiger partial charge in [0.05, 0.1) is 11.7 Å². The van der Waals surface area contributed by atoms with Crippen molar-refractivity contribution in [1.82, 2.24) is 29.6 Å². The van der Waals surface area contributed by atoms with Crippen LogP contribution in [0.15, 0.2) is 55.1 Å². The third-order valence-electron chi connectivity index (χ3n) is 6.41. The van der Waals surface area contributed by atoms with E-state index in [0.717, 1.165) is 54.0 Å². The Bertz CT molecular complexity index is 1380. The SMILES string of the molecule is BC(B)(B)N1CCN(c2cc(C(=O)Nc3ncc4ccc(-c5cnn(C)c5)cc4n3)ccn2)CC1. The van der Waals surface area contributed by atoms with Crippen molar-refractivity contribution in [3.63, 3.8) is 0 Å². The molecule has 12 heteroatoms. The van der Waals surface area contributed by atoms with Gasteiger partial charge in [0.15, 0.2) is 0 Å². The van der Waals surface area contributed by atoms with Crippen LogP contribution in [0.1, 0.15) is 10.4 Å². The second-order valence-corrected chi connectivity index (χ2v) is 9.87. The van der Waals surface area contributed by atoms with Crippen molar-refractivity contribution in [3.05, 3.63) is 60.7 Å². The molecule has 3 aromatic heterocycles. The fraction of sp³-hybridized carbons (Fsp3) is 0.261. The summed E-state index contributed by atoms with van der Waals surface area (Å²) in [6.07, 6.45) is 7.17. The molecule has 0 bridgehead atoms. The summed E-state index contributed by atoms with van der Waals surface area (Å²) >= 11 is 0. The zero-order chi connectivity index (χ0) is 24.6. The van der Waals surface area contributed by atoms with Gasteiger partial charge in [-0.3, -0.25) is 14.8 Å². The number of nitrogens with zero attached hydrogens (tertiary/aromatic N) is 7. The molecule has 4 heterocycles. The highest BCUT2D eigenvalue weighted by atomic mass is 16.1. The van der Waals surface area contributed by atoms with E-state index in [1.54, 1.807) is 23.1 Å². The van der Waals surface area contributed by atoms with Gasteiger partial charge in [0.25, 0.3) is 5.91 Å². The zero-order valence-electron chi connectivity index (χ0n) is 20.6. The van der Waals surface area contributed by atoms with Crippen molar-refractivity contribution in [2.45, 2.75) is 5.24 Å². The van der Waals surface area contributed by atoms with Gasteiger partial charge in [0, 0.05) is 68.3 Å². The van der Waals surface area contributed by atoms with E-state index >= 15 is 0 Å². The number of nitrogens with one attached hydrogen (secondary N) is 1. The quantitative estimate of drug-likeness (QED) is 0.392. The average molecular weight is 464 g/mol. The maximum Gasteiger partial charge on any atom is 0.258 e. The number of pyridine rings is 1. The molecule has 0 spiro atoms. The molecular formula is C23H27B3N8O. The summed E-state index contributed by atoms with van der Waals surface area (Å²) in [6, 6.07) is 9.51. The highest BCUT2D eigenvalue weighted by Gasteiger charge is 2.26. The summed E-state index contributed by atoms with van der Waals surface area (Å²) < 4.78 is 1.76. The van der Waals surface area contributed by atoms with Crippen LogP contribution in [0.5, 0.6) is 0 Å². The number of aromatic nitrogens is 5. The predicted molar refractivity (Wildman–Crippen MR) is 146 cm³/mol. The molecule has 174 valence electrons. The van der Waals surface area contributed by atoms with Crippen molar-refractivity contribution in [3.8, 4) is 11.1 Å². The first-order chi connectivity index (χ1) is 16.8. The van der Waals surface area contributed by atoms with Crippen molar-refractivity contribution in [2.24, 2.45) is 7.05 Å². The van der Waals surface area contributed by atoms with Gasteiger partial charge < -0.3 is 9.80 Å². The number of hydrogen-bond acceptors (Lipinski definition) is 7. The first-order valence-corrected chi connectivity index (χ1v) is 11.8. The number of anilines is 2. The van der Waals surface area contributed by atoms with Crippen LogP contribution in [0.25, 0.3) is 22.0 Å². The Balaban J connectivity index is 1.31. The number of piperazine rings is 1. The van der Waals surface area contributed by atoms with E-state index in [1.807, 2.05) is 43.7 Å². The molecule has 1 aliphatic rings. The summed E-state index contributed by atoms with van der Waals surface area (Å²) in [7, 11) is 8.60. The number of carbonyl (C=O) groups is 1. The second kappa shape index (κ2) is 9.18. The highest BCUT2D eigenvalue weighted by Crippen LogP contribution is 2.24. The summed E-state index contributed by atoms with van der Waals surface area (Å²) in [5.41, 5.74) is 3.29. The van der Waals surface area contributed by atoms with Gasteiger partial charge >= 0.3 is 0 Å². The van der Waals surface area contributed by atoms with Gasteiger partial charge in [-0.1, -0.05) is 17.4 Å².